The number of benzene rings is 1. The van der Waals surface area contributed by atoms with Crippen LogP contribution in [0.5, 0.6) is 5.75 Å². The minimum atomic E-state index is 0.455. The summed E-state index contributed by atoms with van der Waals surface area (Å²) < 4.78 is 16.7. The molecule has 70 valence electrons. The van der Waals surface area contributed by atoms with E-state index in [0.717, 1.165) is 11.4 Å². The maximum Gasteiger partial charge on any atom is 0.141 e. The molecule has 0 fully saturated rings. The highest BCUT2D eigenvalue weighted by Crippen LogP contribution is 2.22. The van der Waals surface area contributed by atoms with Crippen LogP contribution in [0.4, 0.5) is 10.1 Å². The maximum atomic E-state index is 11.6. The molecule has 13 heavy (non-hydrogen) atoms. The van der Waals surface area contributed by atoms with Crippen LogP contribution < -0.4 is 10.1 Å². The molecule has 0 bridgehead atoms. The SMILES string of the molecule is COc1ccccc1NC/C=C/F. The first-order valence-electron chi connectivity index (χ1n) is 4.00. The minimum absolute atomic E-state index is 0.455. The minimum Gasteiger partial charge on any atom is -0.495 e. The van der Waals surface area contributed by atoms with E-state index < -0.39 is 0 Å². The zero-order valence-corrected chi connectivity index (χ0v) is 7.46. The van der Waals surface area contributed by atoms with Crippen LogP contribution in [0.1, 0.15) is 0 Å². The fraction of sp³-hybridized carbons (Fsp3) is 0.200. The molecule has 0 saturated carbocycles. The average Bonchev–Trinajstić information content (AvgIpc) is 2.19. The largest absolute Gasteiger partial charge is 0.495 e. The van der Waals surface area contributed by atoms with Crippen molar-refractivity contribution < 1.29 is 9.13 Å². The van der Waals surface area contributed by atoms with E-state index in [2.05, 4.69) is 5.32 Å². The Morgan fingerprint density at radius 1 is 1.46 bits per heavy atom. The van der Waals surface area contributed by atoms with Crippen molar-refractivity contribution in [2.45, 2.75) is 0 Å². The van der Waals surface area contributed by atoms with Gasteiger partial charge in [-0.05, 0) is 18.2 Å². The van der Waals surface area contributed by atoms with Crippen molar-refractivity contribution in [2.75, 3.05) is 19.0 Å². The number of halogens is 1. The van der Waals surface area contributed by atoms with Crippen LogP contribution in [0.3, 0.4) is 0 Å². The summed E-state index contributed by atoms with van der Waals surface area (Å²) >= 11 is 0. The molecule has 1 aromatic carbocycles. The summed E-state index contributed by atoms with van der Waals surface area (Å²) in [6.07, 6.45) is 1.91. The van der Waals surface area contributed by atoms with Gasteiger partial charge in [0.1, 0.15) is 5.75 Å². The van der Waals surface area contributed by atoms with Gasteiger partial charge in [0.15, 0.2) is 0 Å². The molecule has 0 unspecified atom stereocenters. The van der Waals surface area contributed by atoms with Crippen LogP contribution in [0.15, 0.2) is 36.7 Å². The molecule has 2 nitrogen and oxygen atoms in total. The van der Waals surface area contributed by atoms with Crippen LogP contribution >= 0.6 is 0 Å². The number of para-hydroxylation sites is 2. The number of ether oxygens (including phenoxy) is 1. The van der Waals surface area contributed by atoms with Gasteiger partial charge in [-0.2, -0.15) is 0 Å². The molecule has 1 N–H and O–H groups in total. The van der Waals surface area contributed by atoms with E-state index in [9.17, 15) is 4.39 Å². The van der Waals surface area contributed by atoms with Crippen LogP contribution in [-0.2, 0) is 0 Å². The van der Waals surface area contributed by atoms with Gasteiger partial charge in [0, 0.05) is 6.54 Å². The Morgan fingerprint density at radius 2 is 2.23 bits per heavy atom. The smallest absolute Gasteiger partial charge is 0.141 e. The van der Waals surface area contributed by atoms with Crippen LogP contribution in [0.25, 0.3) is 0 Å². The first-order chi connectivity index (χ1) is 6.38. The Labute approximate surface area is 77.0 Å². The Kier molecular flexibility index (Phi) is 3.82. The lowest BCUT2D eigenvalue weighted by molar-refractivity contribution is 0.416. The monoisotopic (exact) mass is 181 g/mol. The van der Waals surface area contributed by atoms with Crippen LogP contribution in [0, 0.1) is 0 Å². The molecule has 0 saturated heterocycles. The van der Waals surface area contributed by atoms with Crippen LogP contribution in [-0.4, -0.2) is 13.7 Å². The third kappa shape index (κ3) is 2.78. The quantitative estimate of drug-likeness (QED) is 0.770. The first kappa shape index (κ1) is 9.58. The second kappa shape index (κ2) is 5.19. The highest BCUT2D eigenvalue weighted by molar-refractivity contribution is 5.56. The molecule has 0 aliphatic rings. The molecule has 0 atom stereocenters. The van der Waals surface area contributed by atoms with Crippen LogP contribution in [0.2, 0.25) is 0 Å². The predicted molar refractivity (Wildman–Crippen MR) is 51.7 cm³/mol. The normalized spacial score (nSPS) is 10.3. The van der Waals surface area contributed by atoms with Crippen molar-refractivity contribution in [3.63, 3.8) is 0 Å². The van der Waals surface area contributed by atoms with E-state index in [4.69, 9.17) is 4.74 Å². The fourth-order valence-corrected chi connectivity index (χ4v) is 1.00. The van der Waals surface area contributed by atoms with Gasteiger partial charge < -0.3 is 10.1 Å². The summed E-state index contributed by atoms with van der Waals surface area (Å²) in [5.41, 5.74) is 0.864. The molecular formula is C10H12FNO. The van der Waals surface area contributed by atoms with Gasteiger partial charge >= 0.3 is 0 Å². The van der Waals surface area contributed by atoms with E-state index in [-0.39, 0.29) is 0 Å². The number of hydrogen-bond donors (Lipinski definition) is 1. The Balaban J connectivity index is 2.64. The lowest BCUT2D eigenvalue weighted by atomic mass is 10.3. The van der Waals surface area contributed by atoms with Gasteiger partial charge in [0.25, 0.3) is 0 Å². The van der Waals surface area contributed by atoms with Crippen molar-refractivity contribution in [1.82, 2.24) is 0 Å². The molecule has 0 aromatic heterocycles. The van der Waals surface area contributed by atoms with E-state index >= 15 is 0 Å². The van der Waals surface area contributed by atoms with E-state index in [1.54, 1.807) is 7.11 Å². The Morgan fingerprint density at radius 3 is 2.92 bits per heavy atom. The number of nitrogens with one attached hydrogen (secondary N) is 1. The number of anilines is 1. The van der Waals surface area contributed by atoms with E-state index in [0.29, 0.717) is 12.9 Å². The Bertz CT molecular complexity index is 286. The van der Waals surface area contributed by atoms with Gasteiger partial charge in [-0.15, -0.1) is 0 Å². The lowest BCUT2D eigenvalue weighted by Crippen LogP contribution is -1.99. The lowest BCUT2D eigenvalue weighted by Gasteiger charge is -2.08. The molecule has 0 amide bonds. The number of rotatable bonds is 4. The maximum absolute atomic E-state index is 11.6. The van der Waals surface area contributed by atoms with E-state index in [1.165, 1.54) is 6.08 Å². The second-order valence-corrected chi connectivity index (χ2v) is 2.44. The highest BCUT2D eigenvalue weighted by Gasteiger charge is 1.97. The number of methoxy groups -OCH3 is 1. The summed E-state index contributed by atoms with van der Waals surface area (Å²) in [7, 11) is 1.60. The molecule has 1 rings (SSSR count). The summed E-state index contributed by atoms with van der Waals surface area (Å²) in [4.78, 5) is 0. The number of hydrogen-bond acceptors (Lipinski definition) is 2. The summed E-state index contributed by atoms with van der Waals surface area (Å²) in [5, 5.41) is 3.01. The molecule has 3 heteroatoms. The topological polar surface area (TPSA) is 21.3 Å². The van der Waals surface area contributed by atoms with Crippen molar-refractivity contribution in [2.24, 2.45) is 0 Å². The fourth-order valence-electron chi connectivity index (χ4n) is 1.00. The zero-order chi connectivity index (χ0) is 9.52. The van der Waals surface area contributed by atoms with E-state index in [1.807, 2.05) is 24.3 Å². The van der Waals surface area contributed by atoms with Gasteiger partial charge in [-0.25, -0.2) is 4.39 Å². The zero-order valence-electron chi connectivity index (χ0n) is 7.46. The third-order valence-electron chi connectivity index (χ3n) is 1.61. The average molecular weight is 181 g/mol. The van der Waals surface area contributed by atoms with Gasteiger partial charge in [0.05, 0.1) is 19.1 Å². The van der Waals surface area contributed by atoms with Crippen molar-refractivity contribution >= 4 is 5.69 Å². The predicted octanol–water partition coefficient (Wildman–Crippen LogP) is 2.59. The highest BCUT2D eigenvalue weighted by atomic mass is 19.1. The van der Waals surface area contributed by atoms with Gasteiger partial charge in [0.2, 0.25) is 0 Å². The van der Waals surface area contributed by atoms with Gasteiger partial charge in [-0.1, -0.05) is 12.1 Å². The molecule has 1 aromatic rings. The molecule has 0 heterocycles. The summed E-state index contributed by atoms with van der Waals surface area (Å²) in [5.74, 6) is 0.759. The second-order valence-electron chi connectivity index (χ2n) is 2.44. The van der Waals surface area contributed by atoms with Crippen molar-refractivity contribution in [3.8, 4) is 5.75 Å². The van der Waals surface area contributed by atoms with Crippen molar-refractivity contribution in [1.29, 1.82) is 0 Å². The standard InChI is InChI=1S/C10H12FNO/c1-13-10-6-3-2-5-9(10)12-8-4-7-11/h2-7,12H,8H2,1H3/b7-4+. The van der Waals surface area contributed by atoms with Crippen molar-refractivity contribution in [3.05, 3.63) is 36.7 Å². The molecular weight excluding hydrogens is 169 g/mol. The molecule has 0 spiro atoms. The van der Waals surface area contributed by atoms with Gasteiger partial charge in [-0.3, -0.25) is 0 Å². The molecule has 0 aliphatic carbocycles. The summed E-state index contributed by atoms with van der Waals surface area (Å²) in [6.45, 7) is 0.455. The first-order valence-corrected chi connectivity index (χ1v) is 4.00. The third-order valence-corrected chi connectivity index (χ3v) is 1.61. The molecule has 0 radical (unpaired) electrons. The Hall–Kier alpha value is -1.51. The molecule has 0 aliphatic heterocycles. The summed E-state index contributed by atoms with van der Waals surface area (Å²) in [6, 6.07) is 7.51.